The summed E-state index contributed by atoms with van der Waals surface area (Å²) in [6.45, 7) is 5.25. The Bertz CT molecular complexity index is 703. The second kappa shape index (κ2) is 7.14. The van der Waals surface area contributed by atoms with Gasteiger partial charge < -0.3 is 15.0 Å². The van der Waals surface area contributed by atoms with Gasteiger partial charge in [-0.2, -0.15) is 16.4 Å². The summed E-state index contributed by atoms with van der Waals surface area (Å²) in [4.78, 5) is 26.2. The molecule has 0 unspecified atom stereocenters. The zero-order valence-electron chi connectivity index (χ0n) is 13.6. The van der Waals surface area contributed by atoms with Crippen molar-refractivity contribution in [1.82, 2.24) is 14.7 Å². The first-order chi connectivity index (χ1) is 11.5. The zero-order valence-corrected chi connectivity index (χ0v) is 14.5. The molecule has 1 aliphatic rings. The number of carbonyl (C=O) groups excluding carboxylic acids is 2. The van der Waals surface area contributed by atoms with E-state index in [-0.39, 0.29) is 30.6 Å². The minimum atomic E-state index is -0.182. The van der Waals surface area contributed by atoms with Crippen LogP contribution >= 0.6 is 11.3 Å². The topological polar surface area (TPSA) is 76.5 Å². The largest absolute Gasteiger partial charge is 0.372 e. The van der Waals surface area contributed by atoms with Gasteiger partial charge in [0.1, 0.15) is 6.54 Å². The molecule has 0 bridgehead atoms. The Morgan fingerprint density at radius 3 is 2.79 bits per heavy atom. The van der Waals surface area contributed by atoms with Gasteiger partial charge in [-0.3, -0.25) is 14.3 Å². The summed E-state index contributed by atoms with van der Waals surface area (Å²) in [7, 11) is 0. The van der Waals surface area contributed by atoms with Gasteiger partial charge in [-0.1, -0.05) is 0 Å². The number of anilines is 1. The third-order valence-electron chi connectivity index (χ3n) is 3.74. The van der Waals surface area contributed by atoms with Crippen LogP contribution in [-0.2, 0) is 16.1 Å². The van der Waals surface area contributed by atoms with Crippen LogP contribution < -0.4 is 5.32 Å². The van der Waals surface area contributed by atoms with Gasteiger partial charge in [0.2, 0.25) is 5.91 Å². The third kappa shape index (κ3) is 4.01. The number of morpholine rings is 1. The van der Waals surface area contributed by atoms with Crippen molar-refractivity contribution in [2.24, 2.45) is 0 Å². The zero-order chi connectivity index (χ0) is 17.1. The molecule has 0 aromatic carbocycles. The quantitative estimate of drug-likeness (QED) is 0.915. The number of ether oxygens (including phenoxy) is 1. The smallest absolute Gasteiger partial charge is 0.256 e. The second-order valence-corrected chi connectivity index (χ2v) is 6.73. The highest BCUT2D eigenvalue weighted by atomic mass is 32.1. The number of hydrogen-bond acceptors (Lipinski definition) is 5. The van der Waals surface area contributed by atoms with Gasteiger partial charge in [-0.05, 0) is 25.3 Å². The molecular formula is C16H20N4O3S. The van der Waals surface area contributed by atoms with Gasteiger partial charge in [0.25, 0.3) is 5.91 Å². The fraction of sp³-hybridized carbons (Fsp3) is 0.438. The molecule has 1 fully saturated rings. The van der Waals surface area contributed by atoms with Gasteiger partial charge >= 0.3 is 0 Å². The van der Waals surface area contributed by atoms with Gasteiger partial charge in [-0.25, -0.2) is 0 Å². The molecule has 1 N–H and O–H groups in total. The maximum Gasteiger partial charge on any atom is 0.256 e. The highest BCUT2D eigenvalue weighted by Gasteiger charge is 2.26. The Kier molecular flexibility index (Phi) is 4.96. The fourth-order valence-electron chi connectivity index (χ4n) is 2.73. The maximum absolute atomic E-state index is 12.4. The molecule has 2 aromatic heterocycles. The normalized spacial score (nSPS) is 20.8. The van der Waals surface area contributed by atoms with E-state index in [9.17, 15) is 9.59 Å². The highest BCUT2D eigenvalue weighted by molar-refractivity contribution is 7.08. The summed E-state index contributed by atoms with van der Waals surface area (Å²) in [6, 6.07) is 1.76. The number of nitrogens with one attached hydrogen (secondary N) is 1. The molecule has 2 amide bonds. The van der Waals surface area contributed by atoms with E-state index in [2.05, 4.69) is 10.4 Å². The molecule has 0 saturated carbocycles. The highest BCUT2D eigenvalue weighted by Crippen LogP contribution is 2.13. The molecule has 7 nitrogen and oxygen atoms in total. The van der Waals surface area contributed by atoms with Crippen LogP contribution in [0.3, 0.4) is 0 Å². The number of hydrogen-bond donors (Lipinski definition) is 1. The molecule has 3 rings (SSSR count). The van der Waals surface area contributed by atoms with E-state index in [1.54, 1.807) is 28.7 Å². The molecule has 3 heterocycles. The van der Waals surface area contributed by atoms with Crippen molar-refractivity contribution in [2.45, 2.75) is 32.6 Å². The number of carbonyl (C=O) groups is 2. The van der Waals surface area contributed by atoms with Gasteiger partial charge in [0.05, 0.1) is 29.7 Å². The molecule has 24 heavy (non-hydrogen) atoms. The Morgan fingerprint density at radius 2 is 2.12 bits per heavy atom. The van der Waals surface area contributed by atoms with Crippen molar-refractivity contribution in [2.75, 3.05) is 18.4 Å². The lowest BCUT2D eigenvalue weighted by Gasteiger charge is -2.35. The van der Waals surface area contributed by atoms with Crippen LogP contribution in [-0.4, -0.2) is 51.8 Å². The van der Waals surface area contributed by atoms with Crippen molar-refractivity contribution < 1.29 is 14.3 Å². The molecule has 0 aliphatic carbocycles. The molecule has 2 aromatic rings. The Hall–Kier alpha value is -2.19. The molecular weight excluding hydrogens is 328 g/mol. The van der Waals surface area contributed by atoms with Crippen LogP contribution in [0.5, 0.6) is 0 Å². The molecule has 1 saturated heterocycles. The van der Waals surface area contributed by atoms with Crippen LogP contribution in [0.1, 0.15) is 24.2 Å². The summed E-state index contributed by atoms with van der Waals surface area (Å²) in [5.74, 6) is -0.186. The Morgan fingerprint density at radius 1 is 1.38 bits per heavy atom. The van der Waals surface area contributed by atoms with Crippen LogP contribution in [0.25, 0.3) is 0 Å². The van der Waals surface area contributed by atoms with Crippen molar-refractivity contribution >= 4 is 28.8 Å². The first-order valence-electron chi connectivity index (χ1n) is 7.80. The fourth-order valence-corrected chi connectivity index (χ4v) is 3.37. The second-order valence-electron chi connectivity index (χ2n) is 5.95. The van der Waals surface area contributed by atoms with Crippen LogP contribution in [0.15, 0.2) is 29.2 Å². The number of rotatable bonds is 4. The Labute approximate surface area is 144 Å². The average molecular weight is 348 g/mol. The molecule has 1 aliphatic heterocycles. The van der Waals surface area contributed by atoms with E-state index >= 15 is 0 Å². The minimum Gasteiger partial charge on any atom is -0.372 e. The molecule has 0 spiro atoms. The third-order valence-corrected chi connectivity index (χ3v) is 4.43. The van der Waals surface area contributed by atoms with E-state index in [4.69, 9.17) is 4.74 Å². The SMILES string of the molecule is C[C@@H]1CN(C(=O)Cn2cc(NC(=O)c3ccsc3)cn2)C[C@@H](C)O1. The lowest BCUT2D eigenvalue weighted by atomic mass is 10.2. The minimum absolute atomic E-state index is 0.00388. The predicted octanol–water partition coefficient (Wildman–Crippen LogP) is 1.83. The van der Waals surface area contributed by atoms with Gasteiger partial charge in [-0.15, -0.1) is 0 Å². The van der Waals surface area contributed by atoms with Crippen LogP contribution in [0.2, 0.25) is 0 Å². The molecule has 2 atom stereocenters. The molecule has 128 valence electrons. The number of thiophene rings is 1. The van der Waals surface area contributed by atoms with E-state index in [0.29, 0.717) is 24.3 Å². The standard InChI is InChI=1S/C16H20N4O3S/c1-11-6-19(7-12(2)23-11)15(21)9-20-8-14(5-17-20)18-16(22)13-3-4-24-10-13/h3-5,8,10-12H,6-7,9H2,1-2H3,(H,18,22)/t11-,12-/m1/s1. The van der Waals surface area contributed by atoms with E-state index < -0.39 is 0 Å². The van der Waals surface area contributed by atoms with Crippen molar-refractivity contribution in [3.63, 3.8) is 0 Å². The summed E-state index contributed by atoms with van der Waals surface area (Å²) >= 11 is 1.47. The predicted molar refractivity (Wildman–Crippen MR) is 91.1 cm³/mol. The molecule has 0 radical (unpaired) electrons. The number of nitrogens with zero attached hydrogens (tertiary/aromatic N) is 3. The average Bonchev–Trinajstić information content (AvgIpc) is 3.18. The molecule has 8 heteroatoms. The summed E-state index contributed by atoms with van der Waals surface area (Å²) in [5.41, 5.74) is 1.18. The Balaban J connectivity index is 1.57. The van der Waals surface area contributed by atoms with E-state index in [1.165, 1.54) is 16.0 Å². The van der Waals surface area contributed by atoms with Crippen LogP contribution in [0.4, 0.5) is 5.69 Å². The van der Waals surface area contributed by atoms with Gasteiger partial charge in [0, 0.05) is 24.7 Å². The summed E-state index contributed by atoms with van der Waals surface area (Å²) in [5, 5.41) is 10.6. The van der Waals surface area contributed by atoms with Crippen LogP contribution in [0, 0.1) is 0 Å². The first-order valence-corrected chi connectivity index (χ1v) is 8.75. The number of amides is 2. The lowest BCUT2D eigenvalue weighted by molar-refractivity contribution is -0.144. The van der Waals surface area contributed by atoms with Crippen molar-refractivity contribution in [1.29, 1.82) is 0 Å². The summed E-state index contributed by atoms with van der Waals surface area (Å²) in [6.07, 6.45) is 3.28. The van der Waals surface area contributed by atoms with E-state index in [1.807, 2.05) is 19.2 Å². The van der Waals surface area contributed by atoms with Crippen molar-refractivity contribution in [3.8, 4) is 0 Å². The monoisotopic (exact) mass is 348 g/mol. The van der Waals surface area contributed by atoms with Gasteiger partial charge in [0.15, 0.2) is 0 Å². The maximum atomic E-state index is 12.4. The first kappa shape index (κ1) is 16.7. The van der Waals surface area contributed by atoms with Crippen molar-refractivity contribution in [3.05, 3.63) is 34.8 Å². The lowest BCUT2D eigenvalue weighted by Crippen LogP contribution is -2.49. The summed E-state index contributed by atoms with van der Waals surface area (Å²) < 4.78 is 7.18. The number of aromatic nitrogens is 2. The van der Waals surface area contributed by atoms with E-state index in [0.717, 1.165) is 0 Å².